The van der Waals surface area contributed by atoms with Crippen LogP contribution in [0.2, 0.25) is 0 Å². The van der Waals surface area contributed by atoms with Crippen molar-refractivity contribution in [2.45, 2.75) is 26.8 Å². The maximum absolute atomic E-state index is 12.5. The van der Waals surface area contributed by atoms with Crippen LogP contribution >= 0.6 is 11.3 Å². The number of amides is 3. The molecule has 1 fully saturated rings. The molecule has 0 bridgehead atoms. The summed E-state index contributed by atoms with van der Waals surface area (Å²) in [5.74, 6) is -0.298. The molecule has 1 atom stereocenters. The van der Waals surface area contributed by atoms with Crippen LogP contribution in [0.3, 0.4) is 0 Å². The first-order valence-corrected chi connectivity index (χ1v) is 12.0. The van der Waals surface area contributed by atoms with Crippen molar-refractivity contribution < 1.29 is 19.1 Å². The summed E-state index contributed by atoms with van der Waals surface area (Å²) < 4.78 is 5.60. The van der Waals surface area contributed by atoms with Gasteiger partial charge in [0.1, 0.15) is 5.75 Å². The van der Waals surface area contributed by atoms with Gasteiger partial charge in [0.15, 0.2) is 6.61 Å². The smallest absolute Gasteiger partial charge is 0.262 e. The van der Waals surface area contributed by atoms with Gasteiger partial charge in [-0.05, 0) is 61.2 Å². The molecule has 0 saturated carbocycles. The predicted octanol–water partition coefficient (Wildman–Crippen LogP) is 4.05. The molecule has 2 N–H and O–H groups in total. The van der Waals surface area contributed by atoms with Crippen molar-refractivity contribution in [1.82, 2.24) is 5.32 Å². The summed E-state index contributed by atoms with van der Waals surface area (Å²) in [7, 11) is 0. The first-order valence-electron chi connectivity index (χ1n) is 11.1. The van der Waals surface area contributed by atoms with Crippen LogP contribution in [-0.2, 0) is 20.9 Å². The van der Waals surface area contributed by atoms with Gasteiger partial charge in [0.2, 0.25) is 11.8 Å². The van der Waals surface area contributed by atoms with Crippen LogP contribution in [0.5, 0.6) is 5.75 Å². The highest BCUT2D eigenvalue weighted by Gasteiger charge is 2.35. The van der Waals surface area contributed by atoms with Crippen LogP contribution in [0.25, 0.3) is 0 Å². The molecule has 7 nitrogen and oxygen atoms in total. The Morgan fingerprint density at radius 2 is 1.91 bits per heavy atom. The van der Waals surface area contributed by atoms with E-state index in [-0.39, 0.29) is 36.7 Å². The zero-order chi connectivity index (χ0) is 24.1. The van der Waals surface area contributed by atoms with Crippen molar-refractivity contribution in [1.29, 1.82) is 0 Å². The van der Waals surface area contributed by atoms with Crippen LogP contribution < -0.4 is 20.3 Å². The number of carbonyl (C=O) groups is 3. The highest BCUT2D eigenvalue weighted by atomic mass is 32.1. The second kappa shape index (κ2) is 10.5. The van der Waals surface area contributed by atoms with Crippen molar-refractivity contribution in [3.63, 3.8) is 0 Å². The maximum Gasteiger partial charge on any atom is 0.262 e. The molecule has 4 rings (SSSR count). The Bertz CT molecular complexity index is 1180. The Labute approximate surface area is 202 Å². The molecular weight excluding hydrogens is 450 g/mol. The van der Waals surface area contributed by atoms with Crippen LogP contribution in [0.1, 0.15) is 22.4 Å². The van der Waals surface area contributed by atoms with E-state index in [0.717, 1.165) is 21.7 Å². The van der Waals surface area contributed by atoms with Crippen molar-refractivity contribution >= 4 is 40.4 Å². The first-order chi connectivity index (χ1) is 16.4. The lowest BCUT2D eigenvalue weighted by molar-refractivity contribution is -0.126. The third kappa shape index (κ3) is 5.82. The number of rotatable bonds is 8. The number of nitrogens with zero attached hydrogens (tertiary/aromatic N) is 1. The lowest BCUT2D eigenvalue weighted by Crippen LogP contribution is -2.32. The number of hydrogen-bond acceptors (Lipinski definition) is 5. The number of hydrogen-bond donors (Lipinski definition) is 2. The average Bonchev–Trinajstić information content (AvgIpc) is 3.48. The minimum absolute atomic E-state index is 0.0854. The average molecular weight is 478 g/mol. The minimum atomic E-state index is -0.377. The highest BCUT2D eigenvalue weighted by molar-refractivity contribution is 7.09. The Kier molecular flexibility index (Phi) is 7.27. The number of ether oxygens (including phenoxy) is 1. The van der Waals surface area contributed by atoms with Gasteiger partial charge in [0.25, 0.3) is 5.91 Å². The third-order valence-corrected chi connectivity index (χ3v) is 6.56. The van der Waals surface area contributed by atoms with Gasteiger partial charge >= 0.3 is 0 Å². The van der Waals surface area contributed by atoms with Crippen molar-refractivity contribution in [3.05, 3.63) is 76.0 Å². The van der Waals surface area contributed by atoms with E-state index in [1.54, 1.807) is 40.5 Å². The number of carbonyl (C=O) groups excluding carboxylic acids is 3. The molecule has 0 aliphatic carbocycles. The zero-order valence-corrected chi connectivity index (χ0v) is 20.0. The molecular formula is C26H27N3O4S. The number of aryl methyl sites for hydroxylation is 2. The standard InChI is InChI=1S/C26H27N3O4S/c1-17-5-10-23(18(2)12-17)28-24(30)16-33-21-8-6-20(7-9-21)29-15-19(13-25(29)31)26(32)27-14-22-4-3-11-34-22/h3-12,19H,13-16H2,1-2H3,(H,27,32)(H,28,30)/t19-/m1/s1. The van der Waals surface area contributed by atoms with Gasteiger partial charge in [-0.25, -0.2) is 0 Å². The fraction of sp³-hybridized carbons (Fsp3) is 0.269. The molecule has 1 saturated heterocycles. The third-order valence-electron chi connectivity index (χ3n) is 5.69. The van der Waals surface area contributed by atoms with E-state index in [1.165, 1.54) is 0 Å². The van der Waals surface area contributed by atoms with E-state index in [2.05, 4.69) is 10.6 Å². The molecule has 2 aromatic carbocycles. The SMILES string of the molecule is Cc1ccc(NC(=O)COc2ccc(N3C[C@H](C(=O)NCc4cccs4)CC3=O)cc2)c(C)c1. The van der Waals surface area contributed by atoms with Gasteiger partial charge in [-0.15, -0.1) is 11.3 Å². The molecule has 1 aromatic heterocycles. The number of nitrogens with one attached hydrogen (secondary N) is 2. The molecule has 0 unspecified atom stereocenters. The molecule has 3 amide bonds. The summed E-state index contributed by atoms with van der Waals surface area (Å²) in [6.45, 7) is 4.64. The molecule has 0 spiro atoms. The predicted molar refractivity (Wildman–Crippen MR) is 133 cm³/mol. The Balaban J connectivity index is 1.27. The monoisotopic (exact) mass is 477 g/mol. The highest BCUT2D eigenvalue weighted by Crippen LogP contribution is 2.27. The van der Waals surface area contributed by atoms with E-state index < -0.39 is 0 Å². The zero-order valence-electron chi connectivity index (χ0n) is 19.2. The Morgan fingerprint density at radius 1 is 1.12 bits per heavy atom. The normalized spacial score (nSPS) is 15.3. The topological polar surface area (TPSA) is 87.7 Å². The quantitative estimate of drug-likeness (QED) is 0.512. The van der Waals surface area contributed by atoms with E-state index >= 15 is 0 Å². The van der Waals surface area contributed by atoms with E-state index in [9.17, 15) is 14.4 Å². The minimum Gasteiger partial charge on any atom is -0.484 e. The molecule has 8 heteroatoms. The summed E-state index contributed by atoms with van der Waals surface area (Å²) in [4.78, 5) is 39.9. The first kappa shape index (κ1) is 23.5. The summed E-state index contributed by atoms with van der Waals surface area (Å²) in [6.07, 6.45) is 0.188. The summed E-state index contributed by atoms with van der Waals surface area (Å²) in [5.41, 5.74) is 3.59. The molecule has 3 aromatic rings. The summed E-state index contributed by atoms with van der Waals surface area (Å²) >= 11 is 1.58. The van der Waals surface area contributed by atoms with Gasteiger partial charge < -0.3 is 20.3 Å². The Morgan fingerprint density at radius 3 is 2.62 bits per heavy atom. The lowest BCUT2D eigenvalue weighted by Gasteiger charge is -2.17. The van der Waals surface area contributed by atoms with Crippen LogP contribution in [0, 0.1) is 19.8 Å². The molecule has 1 aliphatic heterocycles. The molecule has 34 heavy (non-hydrogen) atoms. The lowest BCUT2D eigenvalue weighted by atomic mass is 10.1. The largest absolute Gasteiger partial charge is 0.484 e. The van der Waals surface area contributed by atoms with Gasteiger partial charge in [-0.3, -0.25) is 14.4 Å². The molecule has 0 radical (unpaired) electrons. The van der Waals surface area contributed by atoms with Crippen molar-refractivity contribution in [3.8, 4) is 5.75 Å². The summed E-state index contributed by atoms with van der Waals surface area (Å²) in [6, 6.07) is 16.7. The van der Waals surface area contributed by atoms with E-state index in [4.69, 9.17) is 4.74 Å². The second-order valence-corrected chi connectivity index (χ2v) is 9.38. The van der Waals surface area contributed by atoms with Crippen LogP contribution in [-0.4, -0.2) is 30.9 Å². The second-order valence-electron chi connectivity index (χ2n) is 8.35. The van der Waals surface area contributed by atoms with Crippen molar-refractivity contribution in [2.24, 2.45) is 5.92 Å². The molecule has 1 aliphatic rings. The van der Waals surface area contributed by atoms with E-state index in [1.807, 2.05) is 49.6 Å². The number of anilines is 2. The maximum atomic E-state index is 12.5. The van der Waals surface area contributed by atoms with Gasteiger partial charge in [0.05, 0.1) is 12.5 Å². The van der Waals surface area contributed by atoms with Gasteiger partial charge in [-0.2, -0.15) is 0 Å². The van der Waals surface area contributed by atoms with Crippen molar-refractivity contribution in [2.75, 3.05) is 23.4 Å². The van der Waals surface area contributed by atoms with E-state index in [0.29, 0.717) is 24.5 Å². The fourth-order valence-corrected chi connectivity index (χ4v) is 4.52. The number of thiophene rings is 1. The van der Waals surface area contributed by atoms with Crippen LogP contribution in [0.15, 0.2) is 60.0 Å². The fourth-order valence-electron chi connectivity index (χ4n) is 3.88. The van der Waals surface area contributed by atoms with Gasteiger partial charge in [0, 0.05) is 29.2 Å². The molecule has 176 valence electrons. The Hall–Kier alpha value is -3.65. The van der Waals surface area contributed by atoms with Crippen LogP contribution in [0.4, 0.5) is 11.4 Å². The van der Waals surface area contributed by atoms with Gasteiger partial charge in [-0.1, -0.05) is 23.8 Å². The molecule has 2 heterocycles. The number of benzene rings is 2. The summed E-state index contributed by atoms with van der Waals surface area (Å²) in [5, 5.41) is 7.73.